The van der Waals surface area contributed by atoms with E-state index in [1.54, 1.807) is 37.3 Å². The van der Waals surface area contributed by atoms with Crippen LogP contribution in [0.5, 0.6) is 11.5 Å². The van der Waals surface area contributed by atoms with Gasteiger partial charge in [-0.2, -0.15) is 0 Å². The Balaban J connectivity index is 2.05. The Kier molecular flexibility index (Phi) is 5.30. The minimum atomic E-state index is -3.10. The largest absolute Gasteiger partial charge is 0.493 e. The van der Waals surface area contributed by atoms with E-state index in [2.05, 4.69) is 0 Å². The lowest BCUT2D eigenvalue weighted by molar-refractivity contribution is -0.124. The third kappa shape index (κ3) is 4.25. The number of sulfone groups is 1. The Hall–Kier alpha value is -2.02. The van der Waals surface area contributed by atoms with Gasteiger partial charge in [0.15, 0.2) is 21.3 Å². The number of hydrogen-bond donors (Lipinski definition) is 0. The maximum Gasteiger partial charge on any atom is 0.246 e. The third-order valence-corrected chi connectivity index (χ3v) is 5.48. The molecule has 1 heterocycles. The Morgan fingerprint density at radius 3 is 2.52 bits per heavy atom. The van der Waals surface area contributed by atoms with Crippen molar-refractivity contribution in [3.63, 3.8) is 0 Å². The summed E-state index contributed by atoms with van der Waals surface area (Å²) in [5.74, 6) is 1.01. The molecule has 0 bridgehead atoms. The van der Waals surface area contributed by atoms with Crippen molar-refractivity contribution >= 4 is 21.8 Å². The number of hydrogen-bond acceptors (Lipinski definition) is 5. The van der Waals surface area contributed by atoms with Crippen LogP contribution in [0, 0.1) is 0 Å². The van der Waals surface area contributed by atoms with Crippen LogP contribution in [0.1, 0.15) is 12.0 Å². The zero-order valence-corrected chi connectivity index (χ0v) is 14.3. The second kappa shape index (κ2) is 7.04. The Morgan fingerprint density at radius 1 is 1.26 bits per heavy atom. The molecule has 0 N–H and O–H groups in total. The summed E-state index contributed by atoms with van der Waals surface area (Å²) in [5.41, 5.74) is 0.801. The van der Waals surface area contributed by atoms with Crippen LogP contribution in [-0.4, -0.2) is 58.0 Å². The van der Waals surface area contributed by atoms with Crippen molar-refractivity contribution in [3.8, 4) is 11.5 Å². The van der Waals surface area contributed by atoms with Gasteiger partial charge in [0.05, 0.1) is 19.5 Å². The molecular formula is C16H21NO5S. The first kappa shape index (κ1) is 17.3. The Labute approximate surface area is 136 Å². The van der Waals surface area contributed by atoms with Gasteiger partial charge < -0.3 is 14.4 Å². The van der Waals surface area contributed by atoms with Crippen LogP contribution in [0.25, 0.3) is 6.08 Å². The molecule has 1 amide bonds. The minimum absolute atomic E-state index is 0.189. The number of ether oxygens (including phenoxy) is 2. The highest BCUT2D eigenvalue weighted by Gasteiger charge is 2.31. The predicted molar refractivity (Wildman–Crippen MR) is 88.4 cm³/mol. The molecule has 126 valence electrons. The summed E-state index contributed by atoms with van der Waals surface area (Å²) in [4.78, 5) is 13.7. The fourth-order valence-corrected chi connectivity index (χ4v) is 3.49. The molecule has 0 spiro atoms. The van der Waals surface area contributed by atoms with Crippen molar-refractivity contribution in [1.29, 1.82) is 0 Å². The topological polar surface area (TPSA) is 72.9 Å². The van der Waals surface area contributed by atoms with Gasteiger partial charge in [0.2, 0.25) is 5.91 Å². The maximum atomic E-state index is 12.2. The van der Waals surface area contributed by atoms with Crippen molar-refractivity contribution in [3.05, 3.63) is 29.8 Å². The number of methoxy groups -OCH3 is 2. The molecule has 1 unspecified atom stereocenters. The zero-order chi connectivity index (χ0) is 17.0. The number of amides is 1. The van der Waals surface area contributed by atoms with Crippen LogP contribution in [0.4, 0.5) is 0 Å². The highest BCUT2D eigenvalue weighted by molar-refractivity contribution is 7.91. The van der Waals surface area contributed by atoms with E-state index in [4.69, 9.17) is 9.47 Å². The normalized spacial score (nSPS) is 18.4. The standard InChI is InChI=1S/C16H21NO5S/c1-21-14-6-4-12(10-15(14)22-2)5-7-16(18)17-9-8-13(11-17)23(3,19)20/h4-7,10,13H,8-9,11H2,1-3H3/b7-5+. The lowest BCUT2D eigenvalue weighted by Gasteiger charge is -2.13. The Morgan fingerprint density at radius 2 is 1.96 bits per heavy atom. The van der Waals surface area contributed by atoms with Gasteiger partial charge in [-0.05, 0) is 30.2 Å². The molecule has 2 rings (SSSR count). The summed E-state index contributed by atoms with van der Waals surface area (Å²) in [6, 6.07) is 5.35. The minimum Gasteiger partial charge on any atom is -0.493 e. The van der Waals surface area contributed by atoms with E-state index in [-0.39, 0.29) is 12.5 Å². The summed E-state index contributed by atoms with van der Waals surface area (Å²) in [6.07, 6.45) is 4.84. The van der Waals surface area contributed by atoms with E-state index in [9.17, 15) is 13.2 Å². The van der Waals surface area contributed by atoms with Gasteiger partial charge in [-0.1, -0.05) is 6.07 Å². The van der Waals surface area contributed by atoms with Crippen molar-refractivity contribution in [2.24, 2.45) is 0 Å². The monoisotopic (exact) mass is 339 g/mol. The van der Waals surface area contributed by atoms with Gasteiger partial charge in [-0.25, -0.2) is 8.42 Å². The number of nitrogens with zero attached hydrogens (tertiary/aromatic N) is 1. The summed E-state index contributed by atoms with van der Waals surface area (Å²) in [5, 5.41) is -0.457. The molecule has 1 saturated heterocycles. The van der Waals surface area contributed by atoms with Crippen LogP contribution in [0.2, 0.25) is 0 Å². The number of likely N-dealkylation sites (tertiary alicyclic amines) is 1. The van der Waals surface area contributed by atoms with Crippen molar-refractivity contribution in [2.75, 3.05) is 33.6 Å². The van der Waals surface area contributed by atoms with Gasteiger partial charge >= 0.3 is 0 Å². The molecule has 0 radical (unpaired) electrons. The van der Waals surface area contributed by atoms with Crippen molar-refractivity contribution < 1.29 is 22.7 Å². The molecule has 1 atom stereocenters. The lowest BCUT2D eigenvalue weighted by Crippen LogP contribution is -2.30. The SMILES string of the molecule is COc1ccc(/C=C/C(=O)N2CCC(S(C)(=O)=O)C2)cc1OC. The quantitative estimate of drug-likeness (QED) is 0.758. The van der Waals surface area contributed by atoms with Crippen LogP contribution >= 0.6 is 0 Å². The molecule has 0 aliphatic carbocycles. The molecule has 1 aliphatic rings. The van der Waals surface area contributed by atoms with E-state index in [0.717, 1.165) is 5.56 Å². The van der Waals surface area contributed by atoms with Crippen molar-refractivity contribution in [2.45, 2.75) is 11.7 Å². The number of rotatable bonds is 5. The summed E-state index contributed by atoms with van der Waals surface area (Å²) >= 11 is 0. The fraction of sp³-hybridized carbons (Fsp3) is 0.438. The first-order valence-electron chi connectivity index (χ1n) is 7.23. The first-order valence-corrected chi connectivity index (χ1v) is 9.18. The fourth-order valence-electron chi connectivity index (χ4n) is 2.51. The van der Waals surface area contributed by atoms with Crippen LogP contribution < -0.4 is 9.47 Å². The molecule has 0 aromatic heterocycles. The number of carbonyl (C=O) groups excluding carboxylic acids is 1. The summed E-state index contributed by atoms with van der Waals surface area (Å²) < 4.78 is 33.4. The van der Waals surface area contributed by atoms with E-state index in [0.29, 0.717) is 24.5 Å². The second-order valence-corrected chi connectivity index (χ2v) is 7.80. The van der Waals surface area contributed by atoms with E-state index in [1.165, 1.54) is 12.3 Å². The van der Waals surface area contributed by atoms with Gasteiger partial charge in [0.25, 0.3) is 0 Å². The smallest absolute Gasteiger partial charge is 0.246 e. The molecule has 7 heteroatoms. The van der Waals surface area contributed by atoms with Crippen LogP contribution in [0.15, 0.2) is 24.3 Å². The second-order valence-electron chi connectivity index (χ2n) is 5.47. The molecule has 23 heavy (non-hydrogen) atoms. The number of carbonyl (C=O) groups is 1. The van der Waals surface area contributed by atoms with Crippen molar-refractivity contribution in [1.82, 2.24) is 4.90 Å². The van der Waals surface area contributed by atoms with E-state index < -0.39 is 15.1 Å². The molecular weight excluding hydrogens is 318 g/mol. The average molecular weight is 339 g/mol. The van der Waals surface area contributed by atoms with Crippen LogP contribution in [-0.2, 0) is 14.6 Å². The molecule has 1 fully saturated rings. The highest BCUT2D eigenvalue weighted by atomic mass is 32.2. The average Bonchev–Trinajstić information content (AvgIpc) is 3.02. The van der Waals surface area contributed by atoms with Gasteiger partial charge in [0.1, 0.15) is 0 Å². The Bertz CT molecular complexity index is 711. The highest BCUT2D eigenvalue weighted by Crippen LogP contribution is 2.28. The first-order chi connectivity index (χ1) is 10.8. The van der Waals surface area contributed by atoms with Crippen LogP contribution in [0.3, 0.4) is 0 Å². The molecule has 1 aliphatic heterocycles. The van der Waals surface area contributed by atoms with Gasteiger partial charge in [-0.15, -0.1) is 0 Å². The molecule has 6 nitrogen and oxygen atoms in total. The van der Waals surface area contributed by atoms with E-state index >= 15 is 0 Å². The summed E-state index contributed by atoms with van der Waals surface area (Å²) in [6.45, 7) is 0.723. The number of benzene rings is 1. The summed E-state index contributed by atoms with van der Waals surface area (Å²) in [7, 11) is 0.00448. The third-order valence-electron chi connectivity index (χ3n) is 3.89. The van der Waals surface area contributed by atoms with Gasteiger partial charge in [-0.3, -0.25) is 4.79 Å². The lowest BCUT2D eigenvalue weighted by atomic mass is 10.2. The predicted octanol–water partition coefficient (Wildman–Crippen LogP) is 1.36. The molecule has 1 aromatic carbocycles. The molecule has 0 saturated carbocycles. The van der Waals surface area contributed by atoms with Gasteiger partial charge in [0, 0.05) is 25.4 Å². The van der Waals surface area contributed by atoms with E-state index in [1.807, 2.05) is 6.07 Å². The maximum absolute atomic E-state index is 12.2. The molecule has 1 aromatic rings. The zero-order valence-electron chi connectivity index (χ0n) is 13.5.